The minimum atomic E-state index is -0.310. The topological polar surface area (TPSA) is 49.4 Å². The highest BCUT2D eigenvalue weighted by Gasteiger charge is 2.34. The summed E-state index contributed by atoms with van der Waals surface area (Å²) >= 11 is 1.95. The average Bonchev–Trinajstić information content (AvgIpc) is 2.35. The maximum absolute atomic E-state index is 12.4. The van der Waals surface area contributed by atoms with E-state index in [0.29, 0.717) is 11.2 Å². The normalized spacial score (nSPS) is 28.7. The fourth-order valence-corrected chi connectivity index (χ4v) is 4.08. The molecular weight excluding hydrogens is 260 g/mol. The molecule has 2 fully saturated rings. The Morgan fingerprint density at radius 2 is 2.16 bits per heavy atom. The van der Waals surface area contributed by atoms with E-state index in [1.54, 1.807) is 4.90 Å². The van der Waals surface area contributed by atoms with Crippen molar-refractivity contribution in [1.29, 1.82) is 0 Å². The molecule has 2 heterocycles. The van der Waals surface area contributed by atoms with E-state index in [1.807, 2.05) is 11.8 Å². The number of nitrogens with zero attached hydrogens (tertiary/aromatic N) is 1. The molecule has 2 aliphatic rings. The molecule has 2 unspecified atom stereocenters. The Hall–Kier alpha value is -0.710. The fourth-order valence-electron chi connectivity index (χ4n) is 2.76. The minimum absolute atomic E-state index is 0.00828. The summed E-state index contributed by atoms with van der Waals surface area (Å²) in [4.78, 5) is 25.9. The Labute approximate surface area is 119 Å². The van der Waals surface area contributed by atoms with Gasteiger partial charge in [-0.05, 0) is 30.9 Å². The average molecular weight is 284 g/mol. The van der Waals surface area contributed by atoms with Gasteiger partial charge in [0.1, 0.15) is 6.04 Å². The lowest BCUT2D eigenvalue weighted by Crippen LogP contribution is -2.59. The van der Waals surface area contributed by atoms with Gasteiger partial charge in [0, 0.05) is 11.8 Å². The van der Waals surface area contributed by atoms with E-state index < -0.39 is 0 Å². The van der Waals surface area contributed by atoms with Crippen LogP contribution in [0, 0.1) is 5.92 Å². The van der Waals surface area contributed by atoms with E-state index in [9.17, 15) is 9.59 Å². The van der Waals surface area contributed by atoms with Crippen molar-refractivity contribution < 1.29 is 9.59 Å². The molecule has 19 heavy (non-hydrogen) atoms. The first kappa shape index (κ1) is 14.7. The van der Waals surface area contributed by atoms with Gasteiger partial charge < -0.3 is 10.2 Å². The van der Waals surface area contributed by atoms with Crippen molar-refractivity contribution in [2.75, 3.05) is 18.8 Å². The Bertz CT molecular complexity index is 340. The van der Waals surface area contributed by atoms with Crippen LogP contribution in [0.3, 0.4) is 0 Å². The molecule has 0 saturated carbocycles. The third-order valence-electron chi connectivity index (χ3n) is 3.68. The standard InChI is InChI=1S/C14H24N2O2S/c1-10(2)7-12-14(18)16(9-13(17)15-12)8-11-5-3-4-6-19-11/h10-12H,3-9H2,1-2H3,(H,15,17). The van der Waals surface area contributed by atoms with Gasteiger partial charge in [-0.1, -0.05) is 20.3 Å². The molecule has 0 aromatic carbocycles. The molecule has 2 atom stereocenters. The second-order valence-electron chi connectivity index (χ2n) is 5.96. The van der Waals surface area contributed by atoms with Gasteiger partial charge in [-0.25, -0.2) is 0 Å². The zero-order chi connectivity index (χ0) is 13.8. The Morgan fingerprint density at radius 3 is 2.79 bits per heavy atom. The fraction of sp³-hybridized carbons (Fsp3) is 0.857. The summed E-state index contributed by atoms with van der Waals surface area (Å²) in [5.41, 5.74) is 0. The summed E-state index contributed by atoms with van der Waals surface area (Å²) in [7, 11) is 0. The van der Waals surface area contributed by atoms with Crippen LogP contribution in [0.1, 0.15) is 39.5 Å². The largest absolute Gasteiger partial charge is 0.343 e. The number of rotatable bonds is 4. The lowest BCUT2D eigenvalue weighted by atomic mass is 10.0. The molecule has 2 aliphatic heterocycles. The van der Waals surface area contributed by atoms with Crippen LogP contribution in [0.4, 0.5) is 0 Å². The molecule has 5 heteroatoms. The van der Waals surface area contributed by atoms with Gasteiger partial charge in [-0.3, -0.25) is 9.59 Å². The summed E-state index contributed by atoms with van der Waals surface area (Å²) < 4.78 is 0. The molecule has 0 radical (unpaired) electrons. The summed E-state index contributed by atoms with van der Waals surface area (Å²) in [5.74, 6) is 1.71. The second-order valence-corrected chi connectivity index (χ2v) is 7.37. The predicted molar refractivity (Wildman–Crippen MR) is 78.1 cm³/mol. The number of hydrogen-bond acceptors (Lipinski definition) is 3. The molecule has 4 nitrogen and oxygen atoms in total. The number of hydrogen-bond donors (Lipinski definition) is 1. The zero-order valence-electron chi connectivity index (χ0n) is 11.9. The van der Waals surface area contributed by atoms with Crippen LogP contribution in [-0.2, 0) is 9.59 Å². The number of nitrogens with one attached hydrogen (secondary N) is 1. The number of amides is 2. The van der Waals surface area contributed by atoms with Crippen LogP contribution in [0.25, 0.3) is 0 Å². The zero-order valence-corrected chi connectivity index (χ0v) is 12.7. The van der Waals surface area contributed by atoms with E-state index in [2.05, 4.69) is 19.2 Å². The summed E-state index contributed by atoms with van der Waals surface area (Å²) in [5, 5.41) is 3.34. The van der Waals surface area contributed by atoms with Crippen LogP contribution >= 0.6 is 11.8 Å². The maximum Gasteiger partial charge on any atom is 0.245 e. The number of carbonyl (C=O) groups is 2. The van der Waals surface area contributed by atoms with Crippen LogP contribution in [0.5, 0.6) is 0 Å². The van der Waals surface area contributed by atoms with Gasteiger partial charge in [-0.15, -0.1) is 0 Å². The van der Waals surface area contributed by atoms with Crippen molar-refractivity contribution >= 4 is 23.6 Å². The monoisotopic (exact) mass is 284 g/mol. The molecule has 0 bridgehead atoms. The highest BCUT2D eigenvalue weighted by atomic mass is 32.2. The molecule has 108 valence electrons. The smallest absolute Gasteiger partial charge is 0.245 e. The van der Waals surface area contributed by atoms with E-state index >= 15 is 0 Å². The number of carbonyl (C=O) groups excluding carboxylic acids is 2. The van der Waals surface area contributed by atoms with Gasteiger partial charge in [-0.2, -0.15) is 11.8 Å². The predicted octanol–water partition coefficient (Wildman–Crippen LogP) is 1.65. The first-order valence-corrected chi connectivity index (χ1v) is 8.31. The first-order chi connectivity index (χ1) is 9.06. The van der Waals surface area contributed by atoms with Gasteiger partial charge in [0.05, 0.1) is 6.54 Å². The summed E-state index contributed by atoms with van der Waals surface area (Å²) in [6.45, 7) is 5.14. The Kier molecular flexibility index (Phi) is 5.13. The van der Waals surface area contributed by atoms with Gasteiger partial charge >= 0.3 is 0 Å². The van der Waals surface area contributed by atoms with Crippen molar-refractivity contribution in [2.24, 2.45) is 5.92 Å². The molecule has 1 N–H and O–H groups in total. The lowest BCUT2D eigenvalue weighted by molar-refractivity contribution is -0.144. The molecule has 0 spiro atoms. The molecule has 2 amide bonds. The van der Waals surface area contributed by atoms with Crippen LogP contribution in [0.2, 0.25) is 0 Å². The van der Waals surface area contributed by atoms with E-state index in [1.165, 1.54) is 25.0 Å². The van der Waals surface area contributed by atoms with Gasteiger partial charge in [0.2, 0.25) is 11.8 Å². The summed E-state index contributed by atoms with van der Waals surface area (Å²) in [6, 6.07) is -0.310. The van der Waals surface area contributed by atoms with Crippen molar-refractivity contribution in [2.45, 2.75) is 50.8 Å². The highest BCUT2D eigenvalue weighted by Crippen LogP contribution is 2.26. The van der Waals surface area contributed by atoms with Gasteiger partial charge in [0.25, 0.3) is 0 Å². The van der Waals surface area contributed by atoms with Crippen molar-refractivity contribution in [3.63, 3.8) is 0 Å². The molecule has 2 saturated heterocycles. The summed E-state index contributed by atoms with van der Waals surface area (Å²) in [6.07, 6.45) is 4.44. The van der Waals surface area contributed by atoms with Crippen molar-refractivity contribution in [3.8, 4) is 0 Å². The van der Waals surface area contributed by atoms with E-state index in [0.717, 1.165) is 13.0 Å². The van der Waals surface area contributed by atoms with E-state index in [-0.39, 0.29) is 24.4 Å². The molecule has 0 aromatic heterocycles. The van der Waals surface area contributed by atoms with Crippen LogP contribution in [0.15, 0.2) is 0 Å². The van der Waals surface area contributed by atoms with Crippen molar-refractivity contribution in [1.82, 2.24) is 10.2 Å². The molecule has 2 rings (SSSR count). The van der Waals surface area contributed by atoms with Crippen LogP contribution in [-0.4, -0.2) is 46.8 Å². The number of piperazine rings is 1. The molecular formula is C14H24N2O2S. The van der Waals surface area contributed by atoms with Crippen LogP contribution < -0.4 is 5.32 Å². The maximum atomic E-state index is 12.4. The van der Waals surface area contributed by atoms with Gasteiger partial charge in [0.15, 0.2) is 0 Å². The number of thioether (sulfide) groups is 1. The third-order valence-corrected chi connectivity index (χ3v) is 5.07. The highest BCUT2D eigenvalue weighted by molar-refractivity contribution is 7.99. The van der Waals surface area contributed by atoms with E-state index in [4.69, 9.17) is 0 Å². The quantitative estimate of drug-likeness (QED) is 0.854. The van der Waals surface area contributed by atoms with Crippen molar-refractivity contribution in [3.05, 3.63) is 0 Å². The second kappa shape index (κ2) is 6.64. The first-order valence-electron chi connectivity index (χ1n) is 7.26. The molecule has 0 aromatic rings. The Balaban J connectivity index is 1.94. The Morgan fingerprint density at radius 1 is 1.37 bits per heavy atom. The lowest BCUT2D eigenvalue weighted by Gasteiger charge is -2.36. The molecule has 0 aliphatic carbocycles. The minimum Gasteiger partial charge on any atom is -0.343 e. The SMILES string of the molecule is CC(C)CC1NC(=O)CN(CC2CCCCS2)C1=O. The third kappa shape index (κ3) is 4.13.